The summed E-state index contributed by atoms with van der Waals surface area (Å²) in [6.07, 6.45) is 1.75. The Morgan fingerprint density at radius 2 is 2.00 bits per heavy atom. The van der Waals surface area contributed by atoms with Crippen LogP contribution < -0.4 is 10.2 Å². The minimum absolute atomic E-state index is 0.540. The van der Waals surface area contributed by atoms with E-state index in [0.717, 1.165) is 9.50 Å². The van der Waals surface area contributed by atoms with Crippen molar-refractivity contribution in [3.8, 4) is 0 Å². The molecule has 1 N–H and O–H groups in total. The average molecular weight is 341 g/mol. The molecule has 0 atom stereocenters. The van der Waals surface area contributed by atoms with E-state index in [1.807, 2.05) is 31.1 Å². The van der Waals surface area contributed by atoms with E-state index in [1.165, 1.54) is 11.8 Å². The molecule has 0 unspecified atom stereocenters. The van der Waals surface area contributed by atoms with Gasteiger partial charge >= 0.3 is 0 Å². The third-order valence-electron chi connectivity index (χ3n) is 2.12. The van der Waals surface area contributed by atoms with E-state index in [4.69, 9.17) is 0 Å². The predicted octanol–water partition coefficient (Wildman–Crippen LogP) is 2.29. The summed E-state index contributed by atoms with van der Waals surface area (Å²) in [7, 11) is 5.56. The summed E-state index contributed by atoms with van der Waals surface area (Å²) < 4.78 is 0.942. The molecule has 0 spiro atoms. The third-order valence-corrected chi connectivity index (χ3v) is 3.41. The molecule has 0 radical (unpaired) electrons. The van der Waals surface area contributed by atoms with Crippen LogP contribution in [0.1, 0.15) is 0 Å². The number of aromatic nitrogens is 4. The molecule has 19 heavy (non-hydrogen) atoms. The van der Waals surface area contributed by atoms with Crippen LogP contribution in [0.5, 0.6) is 0 Å². The highest BCUT2D eigenvalue weighted by molar-refractivity contribution is 9.10. The van der Waals surface area contributed by atoms with Crippen LogP contribution in [0.4, 0.5) is 11.9 Å². The first-order valence-corrected chi connectivity index (χ1v) is 7.10. The number of rotatable bonds is 4. The lowest BCUT2D eigenvalue weighted by Gasteiger charge is -2.11. The van der Waals surface area contributed by atoms with Crippen molar-refractivity contribution < 1.29 is 0 Å². The van der Waals surface area contributed by atoms with Crippen LogP contribution in [0.15, 0.2) is 33.0 Å². The molecule has 2 aromatic rings. The maximum Gasteiger partial charge on any atom is 0.230 e. The summed E-state index contributed by atoms with van der Waals surface area (Å²) in [4.78, 5) is 19.1. The number of anilines is 2. The van der Waals surface area contributed by atoms with Gasteiger partial charge in [-0.05, 0) is 39.8 Å². The number of pyridine rings is 1. The fourth-order valence-electron chi connectivity index (χ4n) is 1.22. The summed E-state index contributed by atoms with van der Waals surface area (Å²) in [6, 6.07) is 3.84. The first kappa shape index (κ1) is 14.0. The van der Waals surface area contributed by atoms with Crippen LogP contribution in [0, 0.1) is 0 Å². The van der Waals surface area contributed by atoms with Crippen molar-refractivity contribution in [2.75, 3.05) is 31.4 Å². The minimum atomic E-state index is 0.540. The van der Waals surface area contributed by atoms with E-state index in [-0.39, 0.29) is 0 Å². The average Bonchev–Trinajstić information content (AvgIpc) is 2.41. The Labute approximate surface area is 124 Å². The first-order valence-electron chi connectivity index (χ1n) is 5.49. The van der Waals surface area contributed by atoms with Crippen LogP contribution in [-0.2, 0) is 0 Å². The van der Waals surface area contributed by atoms with Gasteiger partial charge in [-0.15, -0.1) is 0 Å². The molecule has 0 fully saturated rings. The Balaban J connectivity index is 2.28. The molecule has 100 valence electrons. The van der Waals surface area contributed by atoms with Crippen molar-refractivity contribution in [1.82, 2.24) is 19.9 Å². The quantitative estimate of drug-likeness (QED) is 0.915. The van der Waals surface area contributed by atoms with Crippen LogP contribution in [-0.4, -0.2) is 41.1 Å². The van der Waals surface area contributed by atoms with Crippen molar-refractivity contribution in [3.05, 3.63) is 22.8 Å². The first-order chi connectivity index (χ1) is 9.08. The van der Waals surface area contributed by atoms with Crippen molar-refractivity contribution >= 4 is 39.6 Å². The van der Waals surface area contributed by atoms with Gasteiger partial charge in [-0.25, -0.2) is 4.98 Å². The third kappa shape index (κ3) is 3.77. The monoisotopic (exact) mass is 340 g/mol. The maximum absolute atomic E-state index is 4.37. The summed E-state index contributed by atoms with van der Waals surface area (Å²) in [6.45, 7) is 0. The second-order valence-corrected chi connectivity index (χ2v) is 5.71. The van der Waals surface area contributed by atoms with Crippen molar-refractivity contribution in [2.24, 2.45) is 0 Å². The van der Waals surface area contributed by atoms with E-state index in [2.05, 4.69) is 41.2 Å². The van der Waals surface area contributed by atoms with E-state index in [9.17, 15) is 0 Å². The Morgan fingerprint density at radius 3 is 2.58 bits per heavy atom. The molecule has 0 aliphatic rings. The molecule has 2 aromatic heterocycles. The van der Waals surface area contributed by atoms with Crippen molar-refractivity contribution in [1.29, 1.82) is 0 Å². The molecule has 0 bridgehead atoms. The number of halogens is 1. The molecule has 8 heteroatoms. The lowest BCUT2D eigenvalue weighted by Crippen LogP contribution is -2.15. The number of hydrogen-bond donors (Lipinski definition) is 1. The summed E-state index contributed by atoms with van der Waals surface area (Å²) in [5.74, 6) is 1.15. The van der Waals surface area contributed by atoms with Crippen LogP contribution in [0.25, 0.3) is 0 Å². The zero-order chi connectivity index (χ0) is 13.8. The normalized spacial score (nSPS) is 10.3. The molecule has 2 heterocycles. The summed E-state index contributed by atoms with van der Waals surface area (Å²) >= 11 is 4.75. The van der Waals surface area contributed by atoms with Gasteiger partial charge in [0, 0.05) is 31.8 Å². The Bertz CT molecular complexity index is 560. The fraction of sp³-hybridized carbons (Fsp3) is 0.273. The van der Waals surface area contributed by atoms with Gasteiger partial charge < -0.3 is 10.2 Å². The topological polar surface area (TPSA) is 66.8 Å². The molecule has 0 aromatic carbocycles. The molecule has 6 nitrogen and oxygen atoms in total. The zero-order valence-corrected chi connectivity index (χ0v) is 13.2. The van der Waals surface area contributed by atoms with Gasteiger partial charge in [-0.2, -0.15) is 15.0 Å². The highest BCUT2D eigenvalue weighted by atomic mass is 79.9. The largest absolute Gasteiger partial charge is 0.357 e. The van der Waals surface area contributed by atoms with E-state index in [0.29, 0.717) is 17.1 Å². The second kappa shape index (κ2) is 6.16. The molecule has 0 amide bonds. The molecular formula is C11H13BrN6S. The zero-order valence-electron chi connectivity index (χ0n) is 10.8. The molecule has 0 aliphatic heterocycles. The fourth-order valence-corrected chi connectivity index (χ4v) is 2.14. The molecule has 0 saturated carbocycles. The number of hydrogen-bond acceptors (Lipinski definition) is 7. The van der Waals surface area contributed by atoms with Gasteiger partial charge in [-0.1, -0.05) is 0 Å². The smallest absolute Gasteiger partial charge is 0.230 e. The highest BCUT2D eigenvalue weighted by Crippen LogP contribution is 2.25. The molecule has 0 aliphatic carbocycles. The van der Waals surface area contributed by atoms with Gasteiger partial charge in [0.1, 0.15) is 5.03 Å². The van der Waals surface area contributed by atoms with Gasteiger partial charge in [0.15, 0.2) is 0 Å². The Kier molecular flexibility index (Phi) is 4.54. The lowest BCUT2D eigenvalue weighted by atomic mass is 10.5. The second-order valence-electron chi connectivity index (χ2n) is 3.80. The number of nitrogens with zero attached hydrogens (tertiary/aromatic N) is 5. The van der Waals surface area contributed by atoms with Crippen LogP contribution in [0.3, 0.4) is 0 Å². The van der Waals surface area contributed by atoms with E-state index < -0.39 is 0 Å². The van der Waals surface area contributed by atoms with Gasteiger partial charge in [0.05, 0.1) is 0 Å². The number of nitrogens with one attached hydrogen (secondary N) is 1. The standard InChI is InChI=1S/C11H13BrN6S/c1-13-9-15-10(18(2)3)17-11(16-9)19-8-5-4-7(12)6-14-8/h4-6H,1-3H3,(H,13,15,16,17). The maximum atomic E-state index is 4.37. The van der Waals surface area contributed by atoms with E-state index in [1.54, 1.807) is 13.2 Å². The van der Waals surface area contributed by atoms with Crippen molar-refractivity contribution in [3.63, 3.8) is 0 Å². The Morgan fingerprint density at radius 1 is 1.21 bits per heavy atom. The lowest BCUT2D eigenvalue weighted by molar-refractivity contribution is 0.868. The Hall–Kier alpha value is -1.41. The van der Waals surface area contributed by atoms with Crippen LogP contribution in [0.2, 0.25) is 0 Å². The van der Waals surface area contributed by atoms with Gasteiger partial charge in [-0.3, -0.25) is 0 Å². The predicted molar refractivity (Wildman–Crippen MR) is 79.8 cm³/mol. The summed E-state index contributed by atoms with van der Waals surface area (Å²) in [5, 5.41) is 4.37. The van der Waals surface area contributed by atoms with Gasteiger partial charge in [0.2, 0.25) is 17.1 Å². The van der Waals surface area contributed by atoms with Crippen LogP contribution >= 0.6 is 27.7 Å². The molecule has 0 saturated heterocycles. The SMILES string of the molecule is CNc1nc(Sc2ccc(Br)cn2)nc(N(C)C)n1. The highest BCUT2D eigenvalue weighted by Gasteiger charge is 2.09. The molecule has 2 rings (SSSR count). The van der Waals surface area contributed by atoms with Gasteiger partial charge in [0.25, 0.3) is 0 Å². The minimum Gasteiger partial charge on any atom is -0.357 e. The van der Waals surface area contributed by atoms with Crippen molar-refractivity contribution in [2.45, 2.75) is 10.2 Å². The summed E-state index contributed by atoms with van der Waals surface area (Å²) in [5.41, 5.74) is 0. The van der Waals surface area contributed by atoms with E-state index >= 15 is 0 Å². The molecular weight excluding hydrogens is 328 g/mol.